The van der Waals surface area contributed by atoms with Gasteiger partial charge in [-0.25, -0.2) is 9.97 Å². The summed E-state index contributed by atoms with van der Waals surface area (Å²) in [5.74, 6) is -0.627. The van der Waals surface area contributed by atoms with Crippen LogP contribution in [0.25, 0.3) is 11.0 Å². The van der Waals surface area contributed by atoms with Crippen molar-refractivity contribution in [3.63, 3.8) is 0 Å². The van der Waals surface area contributed by atoms with Gasteiger partial charge in [0.1, 0.15) is 0 Å². The van der Waals surface area contributed by atoms with Crippen molar-refractivity contribution in [1.82, 2.24) is 15.3 Å². The van der Waals surface area contributed by atoms with Crippen molar-refractivity contribution in [2.75, 3.05) is 30.9 Å². The summed E-state index contributed by atoms with van der Waals surface area (Å²) in [6.45, 7) is 3.66. The van der Waals surface area contributed by atoms with Gasteiger partial charge < -0.3 is 15.5 Å². The topological polar surface area (TPSA) is 87.2 Å². The molecule has 2 N–H and O–H groups in total. The monoisotopic (exact) mass is 377 g/mol. The Kier molecular flexibility index (Phi) is 5.54. The van der Waals surface area contributed by atoms with Gasteiger partial charge in [0.2, 0.25) is 5.91 Å². The Hall–Kier alpha value is -3.48. The first-order valence-electron chi connectivity index (χ1n) is 8.94. The quantitative estimate of drug-likeness (QED) is 0.714. The van der Waals surface area contributed by atoms with Gasteiger partial charge in [0.05, 0.1) is 29.0 Å². The molecule has 0 spiro atoms. The second-order valence-corrected chi connectivity index (χ2v) is 6.77. The van der Waals surface area contributed by atoms with E-state index in [1.807, 2.05) is 57.1 Å². The summed E-state index contributed by atoms with van der Waals surface area (Å²) in [6, 6.07) is 12.6. The summed E-state index contributed by atoms with van der Waals surface area (Å²) >= 11 is 0. The van der Waals surface area contributed by atoms with Crippen LogP contribution in [0.15, 0.2) is 42.5 Å². The standard InChI is InChI=1S/C21H23N5O2/c1-13-14(2)24-19-11-15(5-10-18(19)23-13)21(28)22-12-20(27)25-16-6-8-17(9-7-16)26(3)4/h5-11H,12H2,1-4H3,(H,22,28)(H,25,27). The minimum absolute atomic E-state index is 0.120. The van der Waals surface area contributed by atoms with Crippen LogP contribution >= 0.6 is 0 Å². The van der Waals surface area contributed by atoms with Crippen molar-refractivity contribution in [2.24, 2.45) is 0 Å². The van der Waals surface area contributed by atoms with Crippen LogP contribution in [0, 0.1) is 13.8 Å². The smallest absolute Gasteiger partial charge is 0.251 e. The van der Waals surface area contributed by atoms with E-state index in [1.165, 1.54) is 0 Å². The molecule has 0 bridgehead atoms. The highest BCUT2D eigenvalue weighted by Gasteiger charge is 2.11. The van der Waals surface area contributed by atoms with Gasteiger partial charge in [-0.1, -0.05) is 0 Å². The Morgan fingerprint density at radius 1 is 0.929 bits per heavy atom. The Morgan fingerprint density at radius 3 is 2.21 bits per heavy atom. The van der Waals surface area contributed by atoms with E-state index >= 15 is 0 Å². The van der Waals surface area contributed by atoms with Crippen molar-refractivity contribution in [1.29, 1.82) is 0 Å². The van der Waals surface area contributed by atoms with Crippen LogP contribution in [0.2, 0.25) is 0 Å². The summed E-state index contributed by atoms with van der Waals surface area (Å²) in [7, 11) is 3.90. The second-order valence-electron chi connectivity index (χ2n) is 6.77. The summed E-state index contributed by atoms with van der Waals surface area (Å²) < 4.78 is 0. The number of anilines is 2. The third-order valence-corrected chi connectivity index (χ3v) is 4.41. The number of benzene rings is 2. The van der Waals surface area contributed by atoms with E-state index in [9.17, 15) is 9.59 Å². The Morgan fingerprint density at radius 2 is 1.57 bits per heavy atom. The van der Waals surface area contributed by atoms with Crippen LogP contribution in [0.3, 0.4) is 0 Å². The highest BCUT2D eigenvalue weighted by Crippen LogP contribution is 2.16. The summed E-state index contributed by atoms with van der Waals surface area (Å²) in [5, 5.41) is 5.40. The van der Waals surface area contributed by atoms with E-state index in [0.29, 0.717) is 16.8 Å². The fourth-order valence-electron chi connectivity index (χ4n) is 2.68. The molecule has 0 aliphatic heterocycles. The number of carbonyl (C=O) groups excluding carboxylic acids is 2. The fourth-order valence-corrected chi connectivity index (χ4v) is 2.68. The van der Waals surface area contributed by atoms with Crippen molar-refractivity contribution in [3.8, 4) is 0 Å². The lowest BCUT2D eigenvalue weighted by Crippen LogP contribution is -2.32. The lowest BCUT2D eigenvalue weighted by atomic mass is 10.1. The van der Waals surface area contributed by atoms with Crippen LogP contribution in [-0.2, 0) is 4.79 Å². The number of amides is 2. The number of aryl methyl sites for hydroxylation is 2. The molecule has 0 unspecified atom stereocenters. The second kappa shape index (κ2) is 8.04. The summed E-state index contributed by atoms with van der Waals surface area (Å²) in [5.41, 5.74) is 5.23. The molecule has 0 radical (unpaired) electrons. The van der Waals surface area contributed by atoms with E-state index in [0.717, 1.165) is 22.6 Å². The number of hydrogen-bond donors (Lipinski definition) is 2. The normalized spacial score (nSPS) is 10.6. The third kappa shape index (κ3) is 4.43. The molecule has 1 heterocycles. The number of fused-ring (bicyclic) bond motifs is 1. The molecule has 0 aliphatic rings. The van der Waals surface area contributed by atoms with E-state index in [4.69, 9.17) is 0 Å². The van der Waals surface area contributed by atoms with Gasteiger partial charge in [-0.05, 0) is 56.3 Å². The molecule has 1 aromatic heterocycles. The molecule has 0 fully saturated rings. The minimum atomic E-state index is -0.333. The molecule has 28 heavy (non-hydrogen) atoms. The van der Waals surface area contributed by atoms with E-state index < -0.39 is 0 Å². The van der Waals surface area contributed by atoms with Crippen molar-refractivity contribution in [3.05, 3.63) is 59.4 Å². The molecule has 3 rings (SSSR count). The zero-order chi connectivity index (χ0) is 20.3. The predicted molar refractivity (Wildman–Crippen MR) is 111 cm³/mol. The number of rotatable bonds is 5. The van der Waals surface area contributed by atoms with Gasteiger partial charge in [-0.15, -0.1) is 0 Å². The molecule has 3 aromatic rings. The van der Waals surface area contributed by atoms with Crippen molar-refractivity contribution in [2.45, 2.75) is 13.8 Å². The lowest BCUT2D eigenvalue weighted by Gasteiger charge is -2.13. The molecule has 0 saturated carbocycles. The fraction of sp³-hybridized carbons (Fsp3) is 0.238. The average molecular weight is 377 g/mol. The van der Waals surface area contributed by atoms with Crippen LogP contribution in [0.5, 0.6) is 0 Å². The maximum Gasteiger partial charge on any atom is 0.251 e. The zero-order valence-electron chi connectivity index (χ0n) is 16.4. The molecule has 144 valence electrons. The van der Waals surface area contributed by atoms with E-state index in [1.54, 1.807) is 18.2 Å². The van der Waals surface area contributed by atoms with Crippen molar-refractivity contribution < 1.29 is 9.59 Å². The average Bonchev–Trinajstić information content (AvgIpc) is 2.67. The maximum atomic E-state index is 12.4. The molecule has 0 aliphatic carbocycles. The first-order chi connectivity index (χ1) is 13.3. The van der Waals surface area contributed by atoms with Gasteiger partial charge in [0, 0.05) is 31.0 Å². The zero-order valence-corrected chi connectivity index (χ0v) is 16.4. The van der Waals surface area contributed by atoms with Gasteiger partial charge in [-0.3, -0.25) is 9.59 Å². The van der Waals surface area contributed by atoms with E-state index in [-0.39, 0.29) is 18.4 Å². The highest BCUT2D eigenvalue weighted by atomic mass is 16.2. The third-order valence-electron chi connectivity index (χ3n) is 4.41. The number of nitrogens with zero attached hydrogens (tertiary/aromatic N) is 3. The SMILES string of the molecule is Cc1nc2ccc(C(=O)NCC(=O)Nc3ccc(N(C)C)cc3)cc2nc1C. The van der Waals surface area contributed by atoms with Crippen molar-refractivity contribution >= 4 is 34.2 Å². The number of nitrogens with one attached hydrogen (secondary N) is 2. The van der Waals surface area contributed by atoms with Gasteiger partial charge in [0.25, 0.3) is 5.91 Å². The number of hydrogen-bond acceptors (Lipinski definition) is 5. The molecule has 0 atom stereocenters. The molecule has 7 heteroatoms. The van der Waals surface area contributed by atoms with Crippen LogP contribution in [0.1, 0.15) is 21.7 Å². The minimum Gasteiger partial charge on any atom is -0.378 e. The molecular weight excluding hydrogens is 354 g/mol. The van der Waals surface area contributed by atoms with E-state index in [2.05, 4.69) is 20.6 Å². The van der Waals surface area contributed by atoms with Crippen LogP contribution in [-0.4, -0.2) is 42.4 Å². The number of carbonyl (C=O) groups is 2. The Balaban J connectivity index is 1.60. The largest absolute Gasteiger partial charge is 0.378 e. The molecule has 2 aromatic carbocycles. The Labute approximate surface area is 163 Å². The first kappa shape index (κ1) is 19.3. The van der Waals surface area contributed by atoms with Crippen LogP contribution < -0.4 is 15.5 Å². The lowest BCUT2D eigenvalue weighted by molar-refractivity contribution is -0.115. The van der Waals surface area contributed by atoms with Gasteiger partial charge in [-0.2, -0.15) is 0 Å². The molecule has 7 nitrogen and oxygen atoms in total. The first-order valence-corrected chi connectivity index (χ1v) is 8.94. The number of aromatic nitrogens is 2. The molecular formula is C21H23N5O2. The predicted octanol–water partition coefficient (Wildman–Crippen LogP) is 2.68. The van der Waals surface area contributed by atoms with Gasteiger partial charge in [0.15, 0.2) is 0 Å². The summed E-state index contributed by atoms with van der Waals surface area (Å²) in [6.07, 6.45) is 0. The van der Waals surface area contributed by atoms with Crippen LogP contribution in [0.4, 0.5) is 11.4 Å². The molecule has 0 saturated heterocycles. The Bertz CT molecular complexity index is 1030. The molecule has 2 amide bonds. The highest BCUT2D eigenvalue weighted by molar-refractivity contribution is 6.00. The van der Waals surface area contributed by atoms with Gasteiger partial charge >= 0.3 is 0 Å². The maximum absolute atomic E-state index is 12.4. The summed E-state index contributed by atoms with van der Waals surface area (Å²) in [4.78, 5) is 35.4.